The quantitative estimate of drug-likeness (QED) is 0.341. The topological polar surface area (TPSA) is 64.3 Å². The van der Waals surface area contributed by atoms with Gasteiger partial charge in [-0.1, -0.05) is 35.6 Å². The first-order valence-electron chi connectivity index (χ1n) is 13.0. The highest BCUT2D eigenvalue weighted by molar-refractivity contribution is 6.33. The fraction of sp³-hybridized carbons (Fsp3) is 0.333. The van der Waals surface area contributed by atoms with Gasteiger partial charge in [0.2, 0.25) is 0 Å². The van der Waals surface area contributed by atoms with Gasteiger partial charge in [-0.25, -0.2) is 4.98 Å². The number of carbonyl (C=O) groups is 1. The summed E-state index contributed by atoms with van der Waals surface area (Å²) in [5.74, 6) is 5.74. The summed E-state index contributed by atoms with van der Waals surface area (Å²) >= 11 is 6.13. The van der Waals surface area contributed by atoms with Crippen molar-refractivity contribution in [3.05, 3.63) is 87.4 Å². The van der Waals surface area contributed by atoms with E-state index in [0.29, 0.717) is 33.8 Å². The molecule has 1 amide bonds. The zero-order valence-electron chi connectivity index (χ0n) is 22.2. The van der Waals surface area contributed by atoms with Gasteiger partial charge in [-0.2, -0.15) is 13.2 Å². The number of H-pyrrole nitrogens is 1. The number of nitrogens with zero attached hydrogens (tertiary/aromatic N) is 3. The lowest BCUT2D eigenvalue weighted by molar-refractivity contribution is -0.0905. The molecule has 6 nitrogen and oxygen atoms in total. The lowest BCUT2D eigenvalue weighted by atomic mass is 9.93. The zero-order chi connectivity index (χ0) is 28.4. The van der Waals surface area contributed by atoms with Crippen LogP contribution in [0.5, 0.6) is 0 Å². The summed E-state index contributed by atoms with van der Waals surface area (Å²) in [6.45, 7) is 5.23. The van der Waals surface area contributed by atoms with Crippen LogP contribution in [0.2, 0.25) is 5.15 Å². The summed E-state index contributed by atoms with van der Waals surface area (Å²) in [4.78, 5) is 24.5. The van der Waals surface area contributed by atoms with Crippen LogP contribution in [0.3, 0.4) is 0 Å². The highest BCUT2D eigenvalue weighted by atomic mass is 35.5. The maximum absolute atomic E-state index is 14.0. The molecule has 40 heavy (non-hydrogen) atoms. The average molecular weight is 568 g/mol. The van der Waals surface area contributed by atoms with Crippen LogP contribution in [-0.4, -0.2) is 77.7 Å². The van der Waals surface area contributed by atoms with Gasteiger partial charge in [0, 0.05) is 61.6 Å². The molecule has 0 spiro atoms. The molecule has 5 rings (SSSR count). The number of hydrogen-bond donors (Lipinski definition) is 2. The molecule has 1 unspecified atom stereocenters. The van der Waals surface area contributed by atoms with Crippen LogP contribution >= 0.6 is 11.6 Å². The van der Waals surface area contributed by atoms with E-state index in [1.165, 1.54) is 0 Å². The number of halogens is 4. The fourth-order valence-electron chi connectivity index (χ4n) is 4.93. The smallest absolute Gasteiger partial charge is 0.359 e. The van der Waals surface area contributed by atoms with Crippen molar-refractivity contribution >= 4 is 28.4 Å². The number of benzene rings is 1. The molecule has 1 aromatic carbocycles. The van der Waals surface area contributed by atoms with Crippen molar-refractivity contribution in [3.63, 3.8) is 0 Å². The second-order valence-electron chi connectivity index (χ2n) is 10.2. The first-order chi connectivity index (χ1) is 19.1. The summed E-state index contributed by atoms with van der Waals surface area (Å²) in [7, 11) is 2.01. The van der Waals surface area contributed by atoms with Crippen LogP contribution in [0, 0.1) is 18.8 Å². The molecule has 0 saturated carbocycles. The van der Waals surface area contributed by atoms with E-state index in [1.54, 1.807) is 36.7 Å². The standard InChI is InChI=1S/C30H29ClF3N5O/c1-19-3-4-21(15-20(19)5-6-22-17-36-28(31)27-25(22)9-10-35-27)29(40)37-24-8-7-23(26(16-24)30(32,33)34)18-39-13-11-38(2)12-14-39/h3-4,7,9-10,15-17,24,35H,8,11-14,18H2,1-2H3,(H,37,40). The van der Waals surface area contributed by atoms with E-state index in [9.17, 15) is 18.0 Å². The minimum atomic E-state index is -4.50. The summed E-state index contributed by atoms with van der Waals surface area (Å²) in [6, 6.07) is 6.17. The van der Waals surface area contributed by atoms with E-state index < -0.39 is 23.7 Å². The lowest BCUT2D eigenvalue weighted by Crippen LogP contribution is -2.45. The number of amides is 1. The molecule has 3 aromatic rings. The maximum Gasteiger partial charge on any atom is 0.416 e. The first kappa shape index (κ1) is 28.0. The molecule has 1 atom stereocenters. The predicted octanol–water partition coefficient (Wildman–Crippen LogP) is 5.09. The largest absolute Gasteiger partial charge is 0.416 e. The van der Waals surface area contributed by atoms with E-state index in [2.05, 4.69) is 32.0 Å². The van der Waals surface area contributed by atoms with Crippen molar-refractivity contribution in [2.75, 3.05) is 39.8 Å². The number of carbonyl (C=O) groups excluding carboxylic acids is 1. The van der Waals surface area contributed by atoms with Gasteiger partial charge in [0.25, 0.3) is 5.91 Å². The van der Waals surface area contributed by atoms with Gasteiger partial charge in [-0.15, -0.1) is 0 Å². The van der Waals surface area contributed by atoms with Crippen LogP contribution < -0.4 is 5.32 Å². The molecule has 10 heteroatoms. The van der Waals surface area contributed by atoms with Crippen molar-refractivity contribution < 1.29 is 18.0 Å². The Morgan fingerprint density at radius 3 is 2.67 bits per heavy atom. The van der Waals surface area contributed by atoms with E-state index in [1.807, 2.05) is 24.9 Å². The van der Waals surface area contributed by atoms with Gasteiger partial charge in [0.1, 0.15) is 0 Å². The van der Waals surface area contributed by atoms with Gasteiger partial charge in [-0.3, -0.25) is 9.69 Å². The molecule has 2 N–H and O–H groups in total. The first-order valence-corrected chi connectivity index (χ1v) is 13.4. The van der Waals surface area contributed by atoms with Crippen molar-refractivity contribution in [2.45, 2.75) is 25.6 Å². The van der Waals surface area contributed by atoms with Crippen LogP contribution in [0.4, 0.5) is 13.2 Å². The molecule has 1 aliphatic heterocycles. The number of piperazine rings is 1. The number of likely N-dealkylation sites (N-methyl/N-ethyl adjacent to an activating group) is 1. The summed E-state index contributed by atoms with van der Waals surface area (Å²) < 4.78 is 42.0. The third kappa shape index (κ3) is 6.25. The molecule has 1 saturated heterocycles. The van der Waals surface area contributed by atoms with Crippen molar-refractivity contribution in [2.24, 2.45) is 0 Å². The Hall–Kier alpha value is -3.58. The Bertz CT molecular complexity index is 1550. The molecular weight excluding hydrogens is 539 g/mol. The van der Waals surface area contributed by atoms with Gasteiger partial charge in [0.15, 0.2) is 5.15 Å². The predicted molar refractivity (Wildman–Crippen MR) is 150 cm³/mol. The van der Waals surface area contributed by atoms with Crippen molar-refractivity contribution in [3.8, 4) is 11.8 Å². The van der Waals surface area contributed by atoms with Crippen LogP contribution in [-0.2, 0) is 0 Å². The molecule has 0 bridgehead atoms. The summed E-state index contributed by atoms with van der Waals surface area (Å²) in [6.07, 6.45) is 1.90. The van der Waals surface area contributed by atoms with Crippen LogP contribution in [0.15, 0.2) is 60.0 Å². The number of fused-ring (bicyclic) bond motifs is 1. The summed E-state index contributed by atoms with van der Waals surface area (Å²) in [5, 5.41) is 3.95. The second-order valence-corrected chi connectivity index (χ2v) is 10.6. The molecule has 1 aliphatic carbocycles. The van der Waals surface area contributed by atoms with Crippen LogP contribution in [0.1, 0.15) is 33.5 Å². The number of aryl methyl sites for hydroxylation is 1. The number of rotatable bonds is 4. The van der Waals surface area contributed by atoms with Gasteiger partial charge in [0.05, 0.1) is 22.7 Å². The van der Waals surface area contributed by atoms with Gasteiger partial charge < -0.3 is 15.2 Å². The van der Waals surface area contributed by atoms with E-state index in [-0.39, 0.29) is 12.1 Å². The zero-order valence-corrected chi connectivity index (χ0v) is 23.0. The Kier molecular flexibility index (Phi) is 8.04. The van der Waals surface area contributed by atoms with Crippen LogP contribution in [0.25, 0.3) is 10.9 Å². The number of aromatic nitrogens is 2. The normalized spacial score (nSPS) is 18.6. The molecule has 2 aliphatic rings. The lowest BCUT2D eigenvalue weighted by Gasteiger charge is -2.34. The number of aromatic amines is 1. The number of alkyl halides is 3. The third-order valence-electron chi connectivity index (χ3n) is 7.33. The second kappa shape index (κ2) is 11.5. The molecule has 1 fully saturated rings. The fourth-order valence-corrected chi connectivity index (χ4v) is 5.14. The van der Waals surface area contributed by atoms with Crippen molar-refractivity contribution in [1.29, 1.82) is 0 Å². The van der Waals surface area contributed by atoms with E-state index in [0.717, 1.165) is 43.2 Å². The molecule has 3 heterocycles. The maximum atomic E-state index is 14.0. The minimum Gasteiger partial charge on any atom is -0.359 e. The van der Waals surface area contributed by atoms with E-state index >= 15 is 0 Å². The summed E-state index contributed by atoms with van der Waals surface area (Å²) in [5.41, 5.74) is 2.79. The molecule has 2 aromatic heterocycles. The monoisotopic (exact) mass is 567 g/mol. The number of pyridine rings is 1. The highest BCUT2D eigenvalue weighted by Gasteiger charge is 2.38. The molecule has 0 radical (unpaired) electrons. The Balaban J connectivity index is 1.31. The SMILES string of the molecule is Cc1ccc(C(=O)NC2C=C(C(F)(F)F)C(CN3CCN(C)CC3)=CC2)cc1C#Cc1cnc(Cl)c2[nH]ccc12. The highest BCUT2D eigenvalue weighted by Crippen LogP contribution is 2.35. The van der Waals surface area contributed by atoms with Gasteiger partial charge in [-0.05, 0) is 55.8 Å². The Labute approximate surface area is 235 Å². The van der Waals surface area contributed by atoms with E-state index in [4.69, 9.17) is 11.6 Å². The number of nitrogens with one attached hydrogen (secondary N) is 2. The number of hydrogen-bond acceptors (Lipinski definition) is 4. The average Bonchev–Trinajstić information content (AvgIpc) is 3.42. The minimum absolute atomic E-state index is 0.248. The molecule has 208 valence electrons. The van der Waals surface area contributed by atoms with Gasteiger partial charge >= 0.3 is 6.18 Å². The Morgan fingerprint density at radius 2 is 1.93 bits per heavy atom. The van der Waals surface area contributed by atoms with Crippen molar-refractivity contribution in [1.82, 2.24) is 25.1 Å². The Morgan fingerprint density at radius 1 is 1.18 bits per heavy atom. The molecular formula is C30H29ClF3N5O. The third-order valence-corrected chi connectivity index (χ3v) is 7.61.